The number of hydrogen-bond donors (Lipinski definition) is 2. The maximum absolute atomic E-state index is 12.5. The van der Waals surface area contributed by atoms with Gasteiger partial charge >= 0.3 is 0 Å². The molecule has 28 heavy (non-hydrogen) atoms. The molecule has 0 amide bonds. The number of pyridine rings is 1. The highest BCUT2D eigenvalue weighted by atomic mass is 35.5. The fourth-order valence-electron chi connectivity index (χ4n) is 3.16. The number of hydrogen-bond acceptors (Lipinski definition) is 4. The van der Waals surface area contributed by atoms with E-state index in [0.717, 1.165) is 17.2 Å². The zero-order chi connectivity index (χ0) is 19.8. The van der Waals surface area contributed by atoms with Crippen LogP contribution in [0, 0.1) is 10.1 Å². The van der Waals surface area contributed by atoms with Crippen molar-refractivity contribution in [1.29, 1.82) is 0 Å². The molecule has 0 saturated carbocycles. The summed E-state index contributed by atoms with van der Waals surface area (Å²) in [5.41, 5.74) is 1.90. The van der Waals surface area contributed by atoms with Crippen LogP contribution < -0.4 is 5.56 Å². The van der Waals surface area contributed by atoms with Crippen LogP contribution in [0.4, 0.5) is 5.69 Å². The number of nitro groups is 1. The van der Waals surface area contributed by atoms with Crippen molar-refractivity contribution in [3.8, 4) is 28.0 Å². The maximum atomic E-state index is 12.5. The molecule has 4 rings (SSSR count). The molecule has 0 bridgehead atoms. The van der Waals surface area contributed by atoms with Crippen LogP contribution in [0.5, 0.6) is 5.75 Å². The average Bonchev–Trinajstić information content (AvgIpc) is 2.68. The first-order valence-electron chi connectivity index (χ1n) is 8.34. The molecule has 0 unspecified atom stereocenters. The number of aromatic amines is 1. The molecule has 0 aliphatic heterocycles. The van der Waals surface area contributed by atoms with E-state index in [1.54, 1.807) is 12.1 Å². The van der Waals surface area contributed by atoms with Gasteiger partial charge in [0.05, 0.1) is 16.0 Å². The molecule has 0 fully saturated rings. The predicted molar refractivity (Wildman–Crippen MR) is 109 cm³/mol. The first kappa shape index (κ1) is 17.8. The number of rotatable bonds is 3. The summed E-state index contributed by atoms with van der Waals surface area (Å²) in [6.45, 7) is 0. The third-order valence-electron chi connectivity index (χ3n) is 4.53. The average molecular weight is 393 g/mol. The number of fused-ring (bicyclic) bond motifs is 1. The van der Waals surface area contributed by atoms with Crippen molar-refractivity contribution >= 4 is 28.2 Å². The number of nitro benzene ring substituents is 1. The summed E-state index contributed by atoms with van der Waals surface area (Å²) >= 11 is 5.89. The van der Waals surface area contributed by atoms with E-state index < -0.39 is 10.5 Å². The number of nitrogens with zero attached hydrogens (tertiary/aromatic N) is 1. The Morgan fingerprint density at radius 1 is 0.929 bits per heavy atom. The van der Waals surface area contributed by atoms with Crippen molar-refractivity contribution in [2.45, 2.75) is 0 Å². The molecule has 0 spiro atoms. The van der Waals surface area contributed by atoms with Crippen LogP contribution in [0.25, 0.3) is 33.2 Å². The van der Waals surface area contributed by atoms with Gasteiger partial charge in [0.1, 0.15) is 10.8 Å². The number of aromatic hydroxyl groups is 1. The molecule has 3 aromatic carbocycles. The van der Waals surface area contributed by atoms with Crippen LogP contribution in [0.1, 0.15) is 0 Å². The molecular weight excluding hydrogens is 380 g/mol. The van der Waals surface area contributed by atoms with Gasteiger partial charge in [0.15, 0.2) is 0 Å². The Labute approximate surface area is 163 Å². The third kappa shape index (κ3) is 3.00. The maximum Gasteiger partial charge on any atom is 0.288 e. The summed E-state index contributed by atoms with van der Waals surface area (Å²) < 4.78 is 0. The largest absolute Gasteiger partial charge is 0.506 e. The monoisotopic (exact) mass is 392 g/mol. The second kappa shape index (κ2) is 6.83. The van der Waals surface area contributed by atoms with E-state index >= 15 is 0 Å². The summed E-state index contributed by atoms with van der Waals surface area (Å²) in [5.74, 6) is -0.328. The Kier molecular flexibility index (Phi) is 4.33. The lowest BCUT2D eigenvalue weighted by molar-refractivity contribution is -0.384. The fourth-order valence-corrected chi connectivity index (χ4v) is 3.39. The Balaban J connectivity index is 1.88. The summed E-state index contributed by atoms with van der Waals surface area (Å²) in [7, 11) is 0. The van der Waals surface area contributed by atoms with Gasteiger partial charge in [0.2, 0.25) is 0 Å². The van der Waals surface area contributed by atoms with Crippen molar-refractivity contribution in [3.63, 3.8) is 0 Å². The zero-order valence-corrected chi connectivity index (χ0v) is 15.1. The number of nitrogens with one attached hydrogen (secondary N) is 1. The molecule has 7 heteroatoms. The van der Waals surface area contributed by atoms with Crippen molar-refractivity contribution in [1.82, 2.24) is 4.98 Å². The molecule has 1 aromatic heterocycles. The quantitative estimate of drug-likeness (QED) is 0.373. The Bertz CT molecular complexity index is 1270. The summed E-state index contributed by atoms with van der Waals surface area (Å²) in [5, 5.41) is 21.9. The number of halogens is 1. The molecule has 4 aromatic rings. The van der Waals surface area contributed by atoms with Crippen molar-refractivity contribution in [2.75, 3.05) is 0 Å². The minimum atomic E-state index is -0.638. The van der Waals surface area contributed by atoms with Gasteiger partial charge in [-0.25, -0.2) is 0 Å². The topological polar surface area (TPSA) is 96.2 Å². The number of H-pyrrole nitrogens is 1. The molecule has 1 heterocycles. The normalized spacial score (nSPS) is 10.9. The van der Waals surface area contributed by atoms with E-state index in [1.807, 2.05) is 42.5 Å². The van der Waals surface area contributed by atoms with E-state index in [0.29, 0.717) is 5.56 Å². The van der Waals surface area contributed by atoms with E-state index in [9.17, 15) is 20.0 Å². The zero-order valence-electron chi connectivity index (χ0n) is 14.3. The molecule has 2 N–H and O–H groups in total. The van der Waals surface area contributed by atoms with Crippen LogP contribution in [0.3, 0.4) is 0 Å². The van der Waals surface area contributed by atoms with E-state index in [-0.39, 0.29) is 32.9 Å². The van der Waals surface area contributed by atoms with Gasteiger partial charge in [-0.3, -0.25) is 14.9 Å². The van der Waals surface area contributed by atoms with Crippen LogP contribution in [0.15, 0.2) is 71.5 Å². The highest BCUT2D eigenvalue weighted by Gasteiger charge is 2.19. The molecule has 138 valence electrons. The molecule has 0 aliphatic carbocycles. The summed E-state index contributed by atoms with van der Waals surface area (Å²) in [6.07, 6.45) is 0. The van der Waals surface area contributed by atoms with Gasteiger partial charge in [0, 0.05) is 11.5 Å². The van der Waals surface area contributed by atoms with Crippen LogP contribution >= 0.6 is 11.6 Å². The van der Waals surface area contributed by atoms with Gasteiger partial charge in [-0.15, -0.1) is 0 Å². The van der Waals surface area contributed by atoms with Gasteiger partial charge < -0.3 is 10.1 Å². The lowest BCUT2D eigenvalue weighted by Crippen LogP contribution is -2.09. The van der Waals surface area contributed by atoms with Crippen LogP contribution in [0.2, 0.25) is 5.02 Å². The number of aromatic nitrogens is 1. The predicted octanol–water partition coefficient (Wildman–Crippen LogP) is 5.13. The minimum absolute atomic E-state index is 0.0451. The van der Waals surface area contributed by atoms with Crippen LogP contribution in [-0.2, 0) is 0 Å². The van der Waals surface area contributed by atoms with Crippen LogP contribution in [-0.4, -0.2) is 15.0 Å². The molecule has 0 saturated heterocycles. The number of benzene rings is 3. The minimum Gasteiger partial charge on any atom is -0.506 e. The lowest BCUT2D eigenvalue weighted by Gasteiger charge is -2.09. The van der Waals surface area contributed by atoms with Gasteiger partial charge in [0.25, 0.3) is 11.2 Å². The standard InChI is InChI=1S/C21H13ClN2O4/c22-16-11-17-15(10-18(16)24(27)28)20(25)19(21(26)23-17)14-8-6-13(7-9-14)12-4-2-1-3-5-12/h1-11H,(H2,23,25,26). The van der Waals surface area contributed by atoms with Crippen molar-refractivity contribution in [3.05, 3.63) is 92.2 Å². The molecule has 0 aliphatic rings. The fraction of sp³-hybridized carbons (Fsp3) is 0. The Morgan fingerprint density at radius 3 is 2.18 bits per heavy atom. The SMILES string of the molecule is O=c1[nH]c2cc(Cl)c([N+](=O)[O-])cc2c(O)c1-c1ccc(-c2ccccc2)cc1. The highest BCUT2D eigenvalue weighted by molar-refractivity contribution is 6.33. The second-order valence-electron chi connectivity index (χ2n) is 6.23. The smallest absolute Gasteiger partial charge is 0.288 e. The first-order chi connectivity index (χ1) is 13.5. The van der Waals surface area contributed by atoms with Crippen molar-refractivity contribution in [2.24, 2.45) is 0 Å². The third-order valence-corrected chi connectivity index (χ3v) is 4.83. The van der Waals surface area contributed by atoms with E-state index in [4.69, 9.17) is 11.6 Å². The second-order valence-corrected chi connectivity index (χ2v) is 6.63. The van der Waals surface area contributed by atoms with E-state index in [1.165, 1.54) is 6.07 Å². The van der Waals surface area contributed by atoms with Gasteiger partial charge in [-0.2, -0.15) is 0 Å². The van der Waals surface area contributed by atoms with E-state index in [2.05, 4.69) is 4.98 Å². The molecule has 0 atom stereocenters. The van der Waals surface area contributed by atoms with Crippen molar-refractivity contribution < 1.29 is 10.0 Å². The molecule has 0 radical (unpaired) electrons. The highest BCUT2D eigenvalue weighted by Crippen LogP contribution is 2.37. The first-order valence-corrected chi connectivity index (χ1v) is 8.72. The lowest BCUT2D eigenvalue weighted by atomic mass is 9.99. The Morgan fingerprint density at radius 2 is 1.54 bits per heavy atom. The summed E-state index contributed by atoms with van der Waals surface area (Å²) in [4.78, 5) is 25.7. The Hall–Kier alpha value is -3.64. The summed E-state index contributed by atoms with van der Waals surface area (Å²) in [6, 6.07) is 19.3. The van der Waals surface area contributed by atoms with Gasteiger partial charge in [-0.05, 0) is 22.8 Å². The molecular formula is C21H13ClN2O4. The van der Waals surface area contributed by atoms with Gasteiger partial charge in [-0.1, -0.05) is 66.2 Å². The molecule has 6 nitrogen and oxygen atoms in total.